The lowest BCUT2D eigenvalue weighted by Gasteiger charge is -2.23. The maximum absolute atomic E-state index is 12.4. The monoisotopic (exact) mass is 250 g/mol. The van der Waals surface area contributed by atoms with Gasteiger partial charge >= 0.3 is 0 Å². The summed E-state index contributed by atoms with van der Waals surface area (Å²) in [7, 11) is 0. The smallest absolute Gasteiger partial charge is 0.136 e. The maximum Gasteiger partial charge on any atom is 0.136 e. The Morgan fingerprint density at radius 1 is 1.28 bits per heavy atom. The number of carbonyl (C=O) groups is 1. The molecule has 1 rings (SSSR count). The predicted octanol–water partition coefficient (Wildman–Crippen LogP) is 5.15. The zero-order chi connectivity index (χ0) is 13.6. The van der Waals surface area contributed by atoms with Crippen molar-refractivity contribution in [2.24, 2.45) is 17.3 Å². The van der Waals surface area contributed by atoms with E-state index in [1.807, 2.05) is 6.92 Å². The summed E-state index contributed by atoms with van der Waals surface area (Å²) >= 11 is 0. The molecule has 1 aliphatic carbocycles. The van der Waals surface area contributed by atoms with E-state index in [1.54, 1.807) is 0 Å². The second-order valence-corrected chi connectivity index (χ2v) is 7.09. The SMILES string of the molecule is C/C=C/CC(CC1CCCC1)C(=O)CC(C)(C)C. The van der Waals surface area contributed by atoms with Crippen LogP contribution < -0.4 is 0 Å². The molecule has 0 heterocycles. The van der Waals surface area contributed by atoms with Crippen LogP contribution in [-0.4, -0.2) is 5.78 Å². The van der Waals surface area contributed by atoms with Crippen molar-refractivity contribution in [1.29, 1.82) is 0 Å². The van der Waals surface area contributed by atoms with Crippen LogP contribution in [-0.2, 0) is 4.79 Å². The van der Waals surface area contributed by atoms with Crippen molar-refractivity contribution < 1.29 is 4.79 Å². The Morgan fingerprint density at radius 3 is 2.39 bits per heavy atom. The van der Waals surface area contributed by atoms with Gasteiger partial charge in [0.1, 0.15) is 5.78 Å². The first-order chi connectivity index (χ1) is 8.42. The second kappa shape index (κ2) is 7.11. The average Bonchev–Trinajstić information content (AvgIpc) is 2.74. The molecule has 0 aromatic heterocycles. The molecule has 1 atom stereocenters. The van der Waals surface area contributed by atoms with Gasteiger partial charge in [0.15, 0.2) is 0 Å². The van der Waals surface area contributed by atoms with Gasteiger partial charge in [-0.05, 0) is 31.1 Å². The van der Waals surface area contributed by atoms with Crippen molar-refractivity contribution in [1.82, 2.24) is 0 Å². The molecule has 1 fully saturated rings. The van der Waals surface area contributed by atoms with Gasteiger partial charge in [0, 0.05) is 12.3 Å². The molecule has 0 aromatic carbocycles. The average molecular weight is 250 g/mol. The first-order valence-corrected chi connectivity index (χ1v) is 7.56. The third kappa shape index (κ3) is 5.84. The number of carbonyl (C=O) groups excluding carboxylic acids is 1. The Bertz CT molecular complexity index is 276. The summed E-state index contributed by atoms with van der Waals surface area (Å²) in [6.07, 6.45) is 12.5. The summed E-state index contributed by atoms with van der Waals surface area (Å²) < 4.78 is 0. The van der Waals surface area contributed by atoms with Gasteiger partial charge in [-0.2, -0.15) is 0 Å². The van der Waals surface area contributed by atoms with E-state index >= 15 is 0 Å². The Labute approximate surface area is 113 Å². The van der Waals surface area contributed by atoms with Crippen LogP contribution in [0.1, 0.15) is 72.6 Å². The molecule has 18 heavy (non-hydrogen) atoms. The van der Waals surface area contributed by atoms with Crippen molar-refractivity contribution in [3.63, 3.8) is 0 Å². The molecular weight excluding hydrogens is 220 g/mol. The summed E-state index contributed by atoms with van der Waals surface area (Å²) in [6.45, 7) is 8.52. The number of hydrogen-bond donors (Lipinski definition) is 0. The van der Waals surface area contributed by atoms with Crippen LogP contribution in [0, 0.1) is 17.3 Å². The quantitative estimate of drug-likeness (QED) is 0.595. The van der Waals surface area contributed by atoms with Gasteiger partial charge in [-0.3, -0.25) is 4.79 Å². The molecule has 1 nitrogen and oxygen atoms in total. The Hall–Kier alpha value is -0.590. The summed E-state index contributed by atoms with van der Waals surface area (Å²) in [5.74, 6) is 1.56. The third-order valence-corrected chi connectivity index (χ3v) is 3.91. The number of hydrogen-bond acceptors (Lipinski definition) is 1. The Morgan fingerprint density at radius 2 is 1.89 bits per heavy atom. The van der Waals surface area contributed by atoms with E-state index in [2.05, 4.69) is 32.9 Å². The number of Topliss-reactive ketones (excluding diaryl/α,β-unsaturated/α-hetero) is 1. The lowest BCUT2D eigenvalue weighted by atomic mass is 9.81. The molecular formula is C17H30O. The third-order valence-electron chi connectivity index (χ3n) is 3.91. The molecule has 104 valence electrons. The second-order valence-electron chi connectivity index (χ2n) is 7.09. The molecule has 1 unspecified atom stereocenters. The minimum absolute atomic E-state index is 0.126. The van der Waals surface area contributed by atoms with E-state index in [4.69, 9.17) is 0 Å². The topological polar surface area (TPSA) is 17.1 Å². The molecule has 1 aliphatic rings. The highest BCUT2D eigenvalue weighted by Crippen LogP contribution is 2.33. The van der Waals surface area contributed by atoms with Crippen molar-refractivity contribution in [3.05, 3.63) is 12.2 Å². The van der Waals surface area contributed by atoms with Gasteiger partial charge in [-0.15, -0.1) is 0 Å². The molecule has 0 amide bonds. The lowest BCUT2D eigenvalue weighted by molar-refractivity contribution is -0.125. The van der Waals surface area contributed by atoms with E-state index in [9.17, 15) is 4.79 Å². The number of allylic oxidation sites excluding steroid dienone is 2. The fourth-order valence-corrected chi connectivity index (χ4v) is 2.97. The molecule has 0 spiro atoms. The molecule has 1 heteroatoms. The van der Waals surface area contributed by atoms with Gasteiger partial charge in [0.25, 0.3) is 0 Å². The van der Waals surface area contributed by atoms with E-state index < -0.39 is 0 Å². The summed E-state index contributed by atoms with van der Waals surface area (Å²) in [4.78, 5) is 12.4. The largest absolute Gasteiger partial charge is 0.299 e. The van der Waals surface area contributed by atoms with Gasteiger partial charge in [0.2, 0.25) is 0 Å². The van der Waals surface area contributed by atoms with Crippen LogP contribution in [0.3, 0.4) is 0 Å². The van der Waals surface area contributed by atoms with Crippen molar-refractivity contribution in [2.75, 3.05) is 0 Å². The van der Waals surface area contributed by atoms with Crippen LogP contribution in [0.5, 0.6) is 0 Å². The minimum Gasteiger partial charge on any atom is -0.299 e. The van der Waals surface area contributed by atoms with Crippen molar-refractivity contribution >= 4 is 5.78 Å². The van der Waals surface area contributed by atoms with Crippen LogP contribution in [0.25, 0.3) is 0 Å². The molecule has 0 N–H and O–H groups in total. The van der Waals surface area contributed by atoms with Crippen LogP contribution in [0.15, 0.2) is 12.2 Å². The highest BCUT2D eigenvalue weighted by Gasteiger charge is 2.26. The van der Waals surface area contributed by atoms with Crippen LogP contribution >= 0.6 is 0 Å². The fourth-order valence-electron chi connectivity index (χ4n) is 2.97. The van der Waals surface area contributed by atoms with Crippen LogP contribution in [0.2, 0.25) is 0 Å². The van der Waals surface area contributed by atoms with Crippen molar-refractivity contribution in [3.8, 4) is 0 Å². The summed E-state index contributed by atoms with van der Waals surface area (Å²) in [5.41, 5.74) is 0.126. The van der Waals surface area contributed by atoms with Gasteiger partial charge < -0.3 is 0 Å². The minimum atomic E-state index is 0.126. The van der Waals surface area contributed by atoms with Gasteiger partial charge in [-0.25, -0.2) is 0 Å². The normalized spacial score (nSPS) is 19.6. The van der Waals surface area contributed by atoms with E-state index in [-0.39, 0.29) is 11.3 Å². The van der Waals surface area contributed by atoms with Crippen molar-refractivity contribution in [2.45, 2.75) is 72.6 Å². The first kappa shape index (κ1) is 15.5. The number of rotatable bonds is 6. The van der Waals surface area contributed by atoms with E-state index in [0.29, 0.717) is 5.78 Å². The van der Waals surface area contributed by atoms with Gasteiger partial charge in [-0.1, -0.05) is 58.6 Å². The predicted molar refractivity (Wildman–Crippen MR) is 78.6 cm³/mol. The fraction of sp³-hybridized carbons (Fsp3) is 0.824. The Kier molecular flexibility index (Phi) is 6.11. The summed E-state index contributed by atoms with van der Waals surface area (Å²) in [6, 6.07) is 0. The number of ketones is 1. The molecule has 0 aliphatic heterocycles. The maximum atomic E-state index is 12.4. The molecule has 0 bridgehead atoms. The van der Waals surface area contributed by atoms with Gasteiger partial charge in [0.05, 0.1) is 0 Å². The first-order valence-electron chi connectivity index (χ1n) is 7.56. The molecule has 1 saturated carbocycles. The standard InChI is InChI=1S/C17H30O/c1-5-6-11-15(12-14-9-7-8-10-14)16(18)13-17(2,3)4/h5-6,14-15H,7-13H2,1-4H3/b6-5+. The van der Waals surface area contributed by atoms with E-state index in [0.717, 1.165) is 25.2 Å². The van der Waals surface area contributed by atoms with Crippen LogP contribution in [0.4, 0.5) is 0 Å². The highest BCUT2D eigenvalue weighted by atomic mass is 16.1. The zero-order valence-corrected chi connectivity index (χ0v) is 12.7. The molecule has 0 aromatic rings. The highest BCUT2D eigenvalue weighted by molar-refractivity contribution is 5.81. The summed E-state index contributed by atoms with van der Waals surface area (Å²) in [5, 5.41) is 0. The Balaban J connectivity index is 2.55. The molecule has 0 radical (unpaired) electrons. The lowest BCUT2D eigenvalue weighted by Crippen LogP contribution is -2.22. The molecule has 0 saturated heterocycles. The zero-order valence-electron chi connectivity index (χ0n) is 12.7. The van der Waals surface area contributed by atoms with E-state index in [1.165, 1.54) is 25.7 Å².